The molecule has 3 aromatic heterocycles. The third kappa shape index (κ3) is 4.64. The van der Waals surface area contributed by atoms with Crippen molar-refractivity contribution in [3.05, 3.63) is 48.4 Å². The van der Waals surface area contributed by atoms with Crippen LogP contribution in [-0.2, 0) is 4.79 Å². The van der Waals surface area contributed by atoms with Crippen LogP contribution in [0.3, 0.4) is 0 Å². The van der Waals surface area contributed by atoms with Gasteiger partial charge in [0.2, 0.25) is 5.91 Å². The number of aliphatic hydroxyl groups excluding tert-OH is 1. The van der Waals surface area contributed by atoms with Crippen molar-refractivity contribution in [3.63, 3.8) is 0 Å². The number of nitrogens with zero attached hydrogens (tertiary/aromatic N) is 5. The highest BCUT2D eigenvalue weighted by Gasteiger charge is 2.43. The summed E-state index contributed by atoms with van der Waals surface area (Å²) in [5.74, 6) is -0.235. The first-order chi connectivity index (χ1) is 15.0. The van der Waals surface area contributed by atoms with Crippen molar-refractivity contribution in [2.24, 2.45) is 5.92 Å². The van der Waals surface area contributed by atoms with Gasteiger partial charge in [-0.1, -0.05) is 6.92 Å². The summed E-state index contributed by atoms with van der Waals surface area (Å²) in [6.07, 6.45) is 5.09. The van der Waals surface area contributed by atoms with Gasteiger partial charge in [-0.3, -0.25) is 9.78 Å². The number of hydrogen-bond acceptors (Lipinski definition) is 8. The Bertz CT molecular complexity index is 1110. The molecule has 0 aliphatic heterocycles. The number of aryl methyl sites for hydroxylation is 1. The van der Waals surface area contributed by atoms with Crippen LogP contribution in [0.1, 0.15) is 37.1 Å². The van der Waals surface area contributed by atoms with Crippen LogP contribution in [0.15, 0.2) is 37.2 Å². The largest absolute Gasteiger partial charge is 0.387 e. The SMILES string of the molecule is CCC(O)c1cc(C)c(Nc2ncncc2-c2cc(NC(=O)[C@H]3C[C@H]3F)ncn2)cn1. The topological polar surface area (TPSA) is 126 Å². The molecule has 1 saturated carbocycles. The van der Waals surface area contributed by atoms with E-state index in [4.69, 9.17) is 0 Å². The van der Waals surface area contributed by atoms with Crippen molar-refractivity contribution in [2.75, 3.05) is 10.6 Å². The summed E-state index contributed by atoms with van der Waals surface area (Å²) >= 11 is 0. The van der Waals surface area contributed by atoms with Crippen molar-refractivity contribution in [3.8, 4) is 11.3 Å². The Morgan fingerprint density at radius 2 is 2.03 bits per heavy atom. The van der Waals surface area contributed by atoms with Gasteiger partial charge in [0.05, 0.1) is 40.9 Å². The summed E-state index contributed by atoms with van der Waals surface area (Å²) in [5.41, 5.74) is 3.30. The molecule has 0 spiro atoms. The molecular weight excluding hydrogens is 401 g/mol. The number of pyridine rings is 1. The fraction of sp³-hybridized carbons (Fsp3) is 0.333. The molecular formula is C21H22FN7O2. The zero-order valence-electron chi connectivity index (χ0n) is 17.1. The molecule has 160 valence electrons. The molecule has 1 aliphatic rings. The molecule has 31 heavy (non-hydrogen) atoms. The molecule has 0 radical (unpaired) electrons. The lowest BCUT2D eigenvalue weighted by Gasteiger charge is -2.14. The molecule has 3 atom stereocenters. The van der Waals surface area contributed by atoms with E-state index in [1.54, 1.807) is 18.5 Å². The van der Waals surface area contributed by atoms with Gasteiger partial charge in [-0.2, -0.15) is 0 Å². The number of carbonyl (C=O) groups excluding carboxylic acids is 1. The number of alkyl halides is 1. The lowest BCUT2D eigenvalue weighted by molar-refractivity contribution is -0.117. The highest BCUT2D eigenvalue weighted by atomic mass is 19.1. The Hall–Kier alpha value is -3.53. The van der Waals surface area contributed by atoms with Crippen molar-refractivity contribution in [2.45, 2.75) is 39.0 Å². The first-order valence-corrected chi connectivity index (χ1v) is 9.95. The number of nitrogens with one attached hydrogen (secondary N) is 2. The number of rotatable bonds is 7. The molecule has 9 nitrogen and oxygen atoms in total. The Kier molecular flexibility index (Phi) is 5.81. The van der Waals surface area contributed by atoms with Crippen LogP contribution in [-0.4, -0.2) is 42.1 Å². The number of aromatic nitrogens is 5. The second-order valence-corrected chi connectivity index (χ2v) is 7.39. The summed E-state index contributed by atoms with van der Waals surface area (Å²) < 4.78 is 13.1. The van der Waals surface area contributed by atoms with Gasteiger partial charge in [-0.15, -0.1) is 0 Å². The minimum atomic E-state index is -1.08. The van der Waals surface area contributed by atoms with E-state index in [9.17, 15) is 14.3 Å². The molecule has 1 amide bonds. The zero-order valence-corrected chi connectivity index (χ0v) is 17.1. The Labute approximate surface area is 178 Å². The van der Waals surface area contributed by atoms with Gasteiger partial charge < -0.3 is 15.7 Å². The quantitative estimate of drug-likeness (QED) is 0.529. The molecule has 0 aromatic carbocycles. The maximum absolute atomic E-state index is 13.1. The molecule has 3 heterocycles. The molecule has 3 N–H and O–H groups in total. The van der Waals surface area contributed by atoms with E-state index in [1.165, 1.54) is 12.7 Å². The number of amides is 1. The van der Waals surface area contributed by atoms with Crippen LogP contribution in [0.4, 0.5) is 21.7 Å². The summed E-state index contributed by atoms with van der Waals surface area (Å²) in [7, 11) is 0. The molecule has 4 rings (SSSR count). The van der Waals surface area contributed by atoms with Crippen LogP contribution in [0.2, 0.25) is 0 Å². The number of hydrogen-bond donors (Lipinski definition) is 3. The first-order valence-electron chi connectivity index (χ1n) is 9.95. The number of halogens is 1. The van der Waals surface area contributed by atoms with Crippen molar-refractivity contribution in [1.82, 2.24) is 24.9 Å². The van der Waals surface area contributed by atoms with E-state index < -0.39 is 24.1 Å². The zero-order chi connectivity index (χ0) is 22.0. The maximum Gasteiger partial charge on any atom is 0.231 e. The van der Waals surface area contributed by atoms with Gasteiger partial charge in [-0.25, -0.2) is 24.3 Å². The van der Waals surface area contributed by atoms with Crippen LogP contribution in [0.25, 0.3) is 11.3 Å². The van der Waals surface area contributed by atoms with E-state index in [0.717, 1.165) is 11.3 Å². The monoisotopic (exact) mass is 423 g/mol. The predicted octanol–water partition coefficient (Wildman–Crippen LogP) is 3.12. The van der Waals surface area contributed by atoms with E-state index >= 15 is 0 Å². The standard InChI is InChI=1S/C21H22FN7O2/c1-3-18(30)16-4-11(2)17(8-24-16)28-20-13(7-23-9-27-20)15-6-19(26-10-25-15)29-21(31)12-5-14(12)22/h4,6-10,12,14,18,30H,3,5H2,1-2H3,(H,23,27,28)(H,25,26,29,31)/t12-,14+,18?/m0/s1. The Morgan fingerprint density at radius 1 is 1.23 bits per heavy atom. The third-order valence-corrected chi connectivity index (χ3v) is 5.07. The fourth-order valence-electron chi connectivity index (χ4n) is 3.07. The van der Waals surface area contributed by atoms with Crippen LogP contribution < -0.4 is 10.6 Å². The van der Waals surface area contributed by atoms with Gasteiger partial charge in [0, 0.05) is 12.3 Å². The molecule has 1 fully saturated rings. The predicted molar refractivity (Wildman–Crippen MR) is 112 cm³/mol. The van der Waals surface area contributed by atoms with Gasteiger partial charge >= 0.3 is 0 Å². The van der Waals surface area contributed by atoms with E-state index in [2.05, 4.69) is 35.6 Å². The molecule has 1 unspecified atom stereocenters. The Morgan fingerprint density at radius 3 is 2.74 bits per heavy atom. The van der Waals surface area contributed by atoms with Crippen molar-refractivity contribution >= 4 is 23.2 Å². The van der Waals surface area contributed by atoms with Crippen LogP contribution in [0.5, 0.6) is 0 Å². The van der Waals surface area contributed by atoms with E-state index in [1.807, 2.05) is 19.9 Å². The minimum absolute atomic E-state index is 0.242. The summed E-state index contributed by atoms with van der Waals surface area (Å²) in [4.78, 5) is 33.0. The van der Waals surface area contributed by atoms with E-state index in [0.29, 0.717) is 29.2 Å². The fourth-order valence-corrected chi connectivity index (χ4v) is 3.07. The maximum atomic E-state index is 13.1. The first kappa shape index (κ1) is 20.7. The normalized spacial score (nSPS) is 18.3. The van der Waals surface area contributed by atoms with Gasteiger partial charge in [0.25, 0.3) is 0 Å². The van der Waals surface area contributed by atoms with Gasteiger partial charge in [0.1, 0.15) is 30.5 Å². The molecule has 10 heteroatoms. The average molecular weight is 423 g/mol. The molecule has 1 aliphatic carbocycles. The second-order valence-electron chi connectivity index (χ2n) is 7.39. The van der Waals surface area contributed by atoms with Crippen molar-refractivity contribution < 1.29 is 14.3 Å². The average Bonchev–Trinajstić information content (AvgIpc) is 3.52. The smallest absolute Gasteiger partial charge is 0.231 e. The van der Waals surface area contributed by atoms with Gasteiger partial charge in [0.15, 0.2) is 0 Å². The summed E-state index contributed by atoms with van der Waals surface area (Å²) in [6, 6.07) is 3.41. The molecule has 0 saturated heterocycles. The highest BCUT2D eigenvalue weighted by Crippen LogP contribution is 2.35. The lowest BCUT2D eigenvalue weighted by atomic mass is 10.1. The lowest BCUT2D eigenvalue weighted by Crippen LogP contribution is -2.16. The second kappa shape index (κ2) is 8.68. The van der Waals surface area contributed by atoms with Crippen molar-refractivity contribution in [1.29, 1.82) is 0 Å². The molecule has 3 aromatic rings. The summed E-state index contributed by atoms with van der Waals surface area (Å²) in [6.45, 7) is 3.80. The summed E-state index contributed by atoms with van der Waals surface area (Å²) in [5, 5.41) is 15.8. The third-order valence-electron chi connectivity index (χ3n) is 5.07. The number of anilines is 3. The Balaban J connectivity index is 1.58. The van der Waals surface area contributed by atoms with Gasteiger partial charge in [-0.05, 0) is 31.4 Å². The number of carbonyl (C=O) groups is 1. The number of aliphatic hydroxyl groups is 1. The minimum Gasteiger partial charge on any atom is -0.387 e. The van der Waals surface area contributed by atoms with Crippen LogP contribution in [0, 0.1) is 12.8 Å². The highest BCUT2D eigenvalue weighted by molar-refractivity contribution is 5.94. The van der Waals surface area contributed by atoms with E-state index in [-0.39, 0.29) is 12.2 Å². The molecule has 0 bridgehead atoms. The van der Waals surface area contributed by atoms with Crippen LogP contribution >= 0.6 is 0 Å².